The first-order valence-corrected chi connectivity index (χ1v) is 14.9. The number of halogens is 6. The van der Waals surface area contributed by atoms with Crippen LogP contribution >= 0.6 is 0 Å². The standard InChI is InChI=1S/C28H29F6N3O5S/c1-17(2)18-5-10-23(35-14-18)21-13-26(28(32,33)34,37-25(39)22(21)15-36-24(38)16-43(3,40)41)19-6-8-20(9-7-19)42-12-4-11-27(29,30)31/h5-10,14H,1,4,11-13,15-16H2,2-3H3,(H,36,38)(H,37,39)/t26-/m0/s1. The number of hydrogen-bond donors (Lipinski definition) is 2. The van der Waals surface area contributed by atoms with Crippen LogP contribution in [0.5, 0.6) is 5.75 Å². The van der Waals surface area contributed by atoms with Crippen LogP contribution in [0.2, 0.25) is 0 Å². The number of allylic oxidation sites excluding steroid dienone is 1. The molecule has 2 amide bonds. The van der Waals surface area contributed by atoms with Gasteiger partial charge in [0.1, 0.15) is 11.5 Å². The number of nitrogens with zero attached hydrogens (tertiary/aromatic N) is 1. The van der Waals surface area contributed by atoms with Crippen molar-refractivity contribution in [3.63, 3.8) is 0 Å². The number of carbonyl (C=O) groups is 2. The number of rotatable bonds is 11. The Hall–Kier alpha value is -3.88. The van der Waals surface area contributed by atoms with Gasteiger partial charge in [0.2, 0.25) is 11.8 Å². The maximum absolute atomic E-state index is 14.9. The van der Waals surface area contributed by atoms with Crippen molar-refractivity contribution < 1.29 is 49.1 Å². The van der Waals surface area contributed by atoms with Crippen LogP contribution in [-0.2, 0) is 25.0 Å². The average molecular weight is 634 g/mol. The molecule has 2 N–H and O–H groups in total. The van der Waals surface area contributed by atoms with Crippen molar-refractivity contribution in [1.82, 2.24) is 15.6 Å². The summed E-state index contributed by atoms with van der Waals surface area (Å²) in [6.07, 6.45) is -9.49. The molecule has 0 saturated carbocycles. The highest BCUT2D eigenvalue weighted by Gasteiger charge is 2.59. The minimum atomic E-state index is -5.05. The molecule has 8 nitrogen and oxygen atoms in total. The largest absolute Gasteiger partial charge is 0.494 e. The molecule has 3 rings (SSSR count). The Balaban J connectivity index is 2.01. The molecule has 1 aromatic carbocycles. The molecule has 1 aliphatic heterocycles. The molecule has 0 saturated heterocycles. The van der Waals surface area contributed by atoms with Gasteiger partial charge >= 0.3 is 12.4 Å². The van der Waals surface area contributed by atoms with Crippen molar-refractivity contribution in [1.29, 1.82) is 0 Å². The van der Waals surface area contributed by atoms with Crippen LogP contribution in [-0.4, -0.2) is 62.7 Å². The third kappa shape index (κ3) is 8.81. The lowest BCUT2D eigenvalue weighted by Gasteiger charge is -2.41. The molecular formula is C28H29F6N3O5S. The van der Waals surface area contributed by atoms with E-state index in [-0.39, 0.29) is 41.2 Å². The van der Waals surface area contributed by atoms with E-state index in [2.05, 4.69) is 16.9 Å². The number of nitrogens with one attached hydrogen (secondary N) is 2. The van der Waals surface area contributed by atoms with Crippen LogP contribution in [0.3, 0.4) is 0 Å². The fraction of sp³-hybridized carbons (Fsp3) is 0.393. The van der Waals surface area contributed by atoms with Crippen molar-refractivity contribution >= 4 is 32.8 Å². The van der Waals surface area contributed by atoms with Gasteiger partial charge in [0.15, 0.2) is 15.4 Å². The maximum atomic E-state index is 14.9. The van der Waals surface area contributed by atoms with Crippen molar-refractivity contribution in [2.24, 2.45) is 0 Å². The second kappa shape index (κ2) is 12.8. The van der Waals surface area contributed by atoms with E-state index in [9.17, 15) is 44.3 Å². The lowest BCUT2D eigenvalue weighted by molar-refractivity contribution is -0.201. The van der Waals surface area contributed by atoms with Crippen molar-refractivity contribution in [2.75, 3.05) is 25.2 Å². The highest BCUT2D eigenvalue weighted by molar-refractivity contribution is 7.91. The molecule has 0 aliphatic carbocycles. The topological polar surface area (TPSA) is 114 Å². The van der Waals surface area contributed by atoms with Crippen LogP contribution in [0.1, 0.15) is 43.0 Å². The zero-order valence-electron chi connectivity index (χ0n) is 23.2. The van der Waals surface area contributed by atoms with Crippen LogP contribution < -0.4 is 15.4 Å². The van der Waals surface area contributed by atoms with Gasteiger partial charge in [-0.1, -0.05) is 24.8 Å². The molecule has 2 aromatic rings. The Bertz CT molecular complexity index is 1500. The number of sulfone groups is 1. The van der Waals surface area contributed by atoms with Gasteiger partial charge in [-0.2, -0.15) is 26.3 Å². The Morgan fingerprint density at radius 3 is 2.28 bits per heavy atom. The summed E-state index contributed by atoms with van der Waals surface area (Å²) in [5.74, 6) is -2.98. The molecule has 1 atom stereocenters. The zero-order valence-corrected chi connectivity index (χ0v) is 24.0. The lowest BCUT2D eigenvalue weighted by Crippen LogP contribution is -2.59. The predicted molar refractivity (Wildman–Crippen MR) is 146 cm³/mol. The Labute approximate surface area is 244 Å². The minimum Gasteiger partial charge on any atom is -0.494 e. The first-order valence-electron chi connectivity index (χ1n) is 12.8. The summed E-state index contributed by atoms with van der Waals surface area (Å²) in [5, 5.41) is 4.30. The van der Waals surface area contributed by atoms with Gasteiger partial charge in [0, 0.05) is 37.4 Å². The van der Waals surface area contributed by atoms with E-state index in [1.54, 1.807) is 13.0 Å². The maximum Gasteiger partial charge on any atom is 0.416 e. The summed E-state index contributed by atoms with van der Waals surface area (Å²) in [6.45, 7) is 4.60. The molecule has 0 bridgehead atoms. The summed E-state index contributed by atoms with van der Waals surface area (Å²) < 4.78 is 110. The zero-order chi connectivity index (χ0) is 32.2. The fourth-order valence-electron chi connectivity index (χ4n) is 4.36. The van der Waals surface area contributed by atoms with E-state index in [1.165, 1.54) is 12.3 Å². The second-order valence-electron chi connectivity index (χ2n) is 10.1. The van der Waals surface area contributed by atoms with Crippen LogP contribution in [0, 0.1) is 0 Å². The van der Waals surface area contributed by atoms with Gasteiger partial charge in [-0.05, 0) is 53.8 Å². The van der Waals surface area contributed by atoms with Crippen LogP contribution in [0.25, 0.3) is 11.1 Å². The van der Waals surface area contributed by atoms with Crippen molar-refractivity contribution in [3.8, 4) is 5.75 Å². The number of amides is 2. The first kappa shape index (κ1) is 33.6. The predicted octanol–water partition coefficient (Wildman–Crippen LogP) is 4.73. The summed E-state index contributed by atoms with van der Waals surface area (Å²) in [7, 11) is -3.72. The van der Waals surface area contributed by atoms with E-state index in [0.717, 1.165) is 30.5 Å². The average Bonchev–Trinajstić information content (AvgIpc) is 2.88. The van der Waals surface area contributed by atoms with E-state index < -0.39 is 64.7 Å². The van der Waals surface area contributed by atoms with Gasteiger partial charge in [-0.3, -0.25) is 14.6 Å². The Morgan fingerprint density at radius 1 is 1.12 bits per heavy atom. The summed E-state index contributed by atoms with van der Waals surface area (Å²) >= 11 is 0. The highest BCUT2D eigenvalue weighted by atomic mass is 32.2. The van der Waals surface area contributed by atoms with Crippen LogP contribution in [0.15, 0.2) is 54.7 Å². The number of benzene rings is 1. The molecule has 0 radical (unpaired) electrons. The first-order chi connectivity index (χ1) is 19.8. The van der Waals surface area contributed by atoms with Crippen LogP contribution in [0.4, 0.5) is 26.3 Å². The third-order valence-electron chi connectivity index (χ3n) is 6.53. The molecule has 0 spiro atoms. The lowest BCUT2D eigenvalue weighted by atomic mass is 9.77. The Morgan fingerprint density at radius 2 is 1.77 bits per heavy atom. The molecular weight excluding hydrogens is 604 g/mol. The minimum absolute atomic E-state index is 0.0189. The third-order valence-corrected chi connectivity index (χ3v) is 7.32. The smallest absolute Gasteiger partial charge is 0.416 e. The van der Waals surface area contributed by atoms with Gasteiger partial charge in [-0.25, -0.2) is 8.42 Å². The molecule has 15 heteroatoms. The second-order valence-corrected chi connectivity index (χ2v) is 12.3. The quantitative estimate of drug-likeness (QED) is 0.273. The molecule has 43 heavy (non-hydrogen) atoms. The number of hydrogen-bond acceptors (Lipinski definition) is 6. The number of ether oxygens (including phenoxy) is 1. The van der Waals surface area contributed by atoms with Gasteiger partial charge in [0.05, 0.1) is 12.3 Å². The fourth-order valence-corrected chi connectivity index (χ4v) is 4.94. The van der Waals surface area contributed by atoms with E-state index in [1.807, 2.05) is 5.32 Å². The molecule has 2 heterocycles. The number of pyridine rings is 1. The van der Waals surface area contributed by atoms with Crippen molar-refractivity contribution in [2.45, 2.75) is 44.1 Å². The normalized spacial score (nSPS) is 17.8. The van der Waals surface area contributed by atoms with E-state index >= 15 is 0 Å². The van der Waals surface area contributed by atoms with Gasteiger partial charge < -0.3 is 15.4 Å². The highest BCUT2D eigenvalue weighted by Crippen LogP contribution is 2.48. The molecule has 234 valence electrons. The van der Waals surface area contributed by atoms with Crippen molar-refractivity contribution in [3.05, 3.63) is 71.6 Å². The SMILES string of the molecule is C=C(C)c1ccc(C2=C(CNC(=O)CS(C)(=O)=O)C(=O)N[C@@](c3ccc(OCCCC(F)(F)F)cc3)(C(F)(F)F)C2)nc1. The van der Waals surface area contributed by atoms with E-state index in [4.69, 9.17) is 4.74 Å². The monoisotopic (exact) mass is 633 g/mol. The summed E-state index contributed by atoms with van der Waals surface area (Å²) in [4.78, 5) is 29.7. The van der Waals surface area contributed by atoms with Gasteiger partial charge in [-0.15, -0.1) is 0 Å². The molecule has 0 fully saturated rings. The van der Waals surface area contributed by atoms with E-state index in [0.29, 0.717) is 11.1 Å². The number of carbonyl (C=O) groups excluding carboxylic acids is 2. The molecule has 1 aliphatic rings. The van der Waals surface area contributed by atoms with Gasteiger partial charge in [0.25, 0.3) is 0 Å². The molecule has 1 aromatic heterocycles. The number of aromatic nitrogens is 1. The summed E-state index contributed by atoms with van der Waals surface area (Å²) in [6, 6.07) is 7.40. The Kier molecular flexibility index (Phi) is 9.99. The molecule has 0 unspecified atom stereocenters. The number of alkyl halides is 6. The summed E-state index contributed by atoms with van der Waals surface area (Å²) in [5.41, 5.74) is -2.47.